The summed E-state index contributed by atoms with van der Waals surface area (Å²) >= 11 is 5.96. The Morgan fingerprint density at radius 2 is 2.41 bits per heavy atom. The van der Waals surface area contributed by atoms with Crippen molar-refractivity contribution in [3.63, 3.8) is 0 Å². The first-order valence-electron chi connectivity index (χ1n) is 5.37. The van der Waals surface area contributed by atoms with Gasteiger partial charge in [0.2, 0.25) is 0 Å². The van der Waals surface area contributed by atoms with Crippen LogP contribution >= 0.6 is 11.6 Å². The highest BCUT2D eigenvalue weighted by Gasteiger charge is 2.21. The Hall–Kier alpha value is -1.15. The first-order valence-corrected chi connectivity index (χ1v) is 5.75. The lowest BCUT2D eigenvalue weighted by molar-refractivity contribution is -0.00303. The predicted molar refractivity (Wildman–Crippen MR) is 62.0 cm³/mol. The van der Waals surface area contributed by atoms with Gasteiger partial charge in [0.05, 0.1) is 12.7 Å². The summed E-state index contributed by atoms with van der Waals surface area (Å²) in [5.41, 5.74) is 0.479. The van der Waals surface area contributed by atoms with Gasteiger partial charge < -0.3 is 4.74 Å². The third-order valence-electron chi connectivity index (χ3n) is 2.74. The van der Waals surface area contributed by atoms with E-state index in [4.69, 9.17) is 21.6 Å². The molecule has 5 heteroatoms. The number of rotatable bonds is 2. The third-order valence-corrected chi connectivity index (χ3v) is 3.09. The van der Waals surface area contributed by atoms with Crippen molar-refractivity contribution < 1.29 is 9.13 Å². The highest BCUT2D eigenvalue weighted by Crippen LogP contribution is 2.21. The van der Waals surface area contributed by atoms with Crippen LogP contribution in [0.5, 0.6) is 0 Å². The molecule has 0 amide bonds. The van der Waals surface area contributed by atoms with Gasteiger partial charge in [0.1, 0.15) is 5.82 Å². The Morgan fingerprint density at radius 1 is 1.59 bits per heavy atom. The van der Waals surface area contributed by atoms with E-state index in [2.05, 4.69) is 6.07 Å². The van der Waals surface area contributed by atoms with Crippen LogP contribution in [0.4, 0.5) is 4.39 Å². The Labute approximate surface area is 104 Å². The molecule has 1 aliphatic heterocycles. The van der Waals surface area contributed by atoms with Gasteiger partial charge in [-0.2, -0.15) is 5.26 Å². The minimum absolute atomic E-state index is 0.308. The molecule has 0 radical (unpaired) electrons. The zero-order valence-electron chi connectivity index (χ0n) is 9.20. The molecule has 0 aliphatic carbocycles. The molecule has 1 heterocycles. The van der Waals surface area contributed by atoms with E-state index in [1.807, 2.05) is 4.90 Å². The van der Waals surface area contributed by atoms with Gasteiger partial charge in [-0.15, -0.1) is 0 Å². The topological polar surface area (TPSA) is 36.3 Å². The molecular formula is C12H12ClFN2O. The van der Waals surface area contributed by atoms with Gasteiger partial charge in [-0.25, -0.2) is 4.39 Å². The summed E-state index contributed by atoms with van der Waals surface area (Å²) in [4.78, 5) is 1.97. The molecule has 2 rings (SSSR count). The Kier molecular flexibility index (Phi) is 3.95. The number of hydrogen-bond donors (Lipinski definition) is 0. The normalized spacial score (nSPS) is 21.1. The summed E-state index contributed by atoms with van der Waals surface area (Å²) in [6.45, 7) is 2.07. The van der Waals surface area contributed by atoms with Crippen molar-refractivity contribution in [3.8, 4) is 6.07 Å². The summed E-state index contributed by atoms with van der Waals surface area (Å²) in [5, 5.41) is 9.20. The van der Waals surface area contributed by atoms with E-state index in [1.165, 1.54) is 6.07 Å². The number of ether oxygens (including phenoxy) is 1. The molecule has 3 nitrogen and oxygen atoms in total. The summed E-state index contributed by atoms with van der Waals surface area (Å²) < 4.78 is 18.8. The van der Waals surface area contributed by atoms with Gasteiger partial charge >= 0.3 is 0 Å². The van der Waals surface area contributed by atoms with E-state index in [0.717, 1.165) is 0 Å². The summed E-state index contributed by atoms with van der Waals surface area (Å²) in [6, 6.07) is 6.70. The van der Waals surface area contributed by atoms with Crippen LogP contribution < -0.4 is 0 Å². The second-order valence-corrected chi connectivity index (χ2v) is 4.33. The second-order valence-electron chi connectivity index (χ2n) is 3.92. The minimum atomic E-state index is -0.436. The number of hydrogen-bond acceptors (Lipinski definition) is 3. The molecule has 1 fully saturated rings. The van der Waals surface area contributed by atoms with Gasteiger partial charge in [-0.1, -0.05) is 17.7 Å². The molecule has 0 N–H and O–H groups in total. The standard InChI is InChI=1S/C12H12ClFN2O/c13-11-2-1-3-12(14)10(11)8-16-4-5-17-9(6-15)7-16/h1-3,9H,4-5,7-8H2. The lowest BCUT2D eigenvalue weighted by Crippen LogP contribution is -2.41. The molecule has 1 atom stereocenters. The Bertz CT molecular complexity index is 426. The smallest absolute Gasteiger partial charge is 0.156 e. The Balaban J connectivity index is 2.08. The van der Waals surface area contributed by atoms with Crippen LogP contribution in [0.25, 0.3) is 0 Å². The minimum Gasteiger partial charge on any atom is -0.361 e. The number of benzene rings is 1. The quantitative estimate of drug-likeness (QED) is 0.812. The lowest BCUT2D eigenvalue weighted by Gasteiger charge is -2.29. The Morgan fingerprint density at radius 3 is 3.12 bits per heavy atom. The molecule has 0 aromatic heterocycles. The molecule has 1 unspecified atom stereocenters. The molecule has 0 bridgehead atoms. The van der Waals surface area contributed by atoms with E-state index in [0.29, 0.717) is 36.8 Å². The van der Waals surface area contributed by atoms with Crippen molar-refractivity contribution in [1.29, 1.82) is 5.26 Å². The van der Waals surface area contributed by atoms with E-state index in [1.54, 1.807) is 12.1 Å². The van der Waals surface area contributed by atoms with Gasteiger partial charge in [0.15, 0.2) is 6.10 Å². The van der Waals surface area contributed by atoms with E-state index >= 15 is 0 Å². The van der Waals surface area contributed by atoms with Crippen LogP contribution in [-0.4, -0.2) is 30.7 Å². The zero-order chi connectivity index (χ0) is 12.3. The lowest BCUT2D eigenvalue weighted by atomic mass is 10.1. The van der Waals surface area contributed by atoms with E-state index in [-0.39, 0.29) is 5.82 Å². The first kappa shape index (κ1) is 12.3. The zero-order valence-corrected chi connectivity index (χ0v) is 9.95. The highest BCUT2D eigenvalue weighted by molar-refractivity contribution is 6.31. The SMILES string of the molecule is N#CC1CN(Cc2c(F)cccc2Cl)CCO1. The monoisotopic (exact) mass is 254 g/mol. The molecular weight excluding hydrogens is 243 g/mol. The predicted octanol–water partition coefficient (Wildman–Crippen LogP) is 2.20. The number of nitrogens with zero attached hydrogens (tertiary/aromatic N) is 2. The van der Waals surface area contributed by atoms with Crippen LogP contribution in [0.1, 0.15) is 5.56 Å². The third kappa shape index (κ3) is 2.95. The van der Waals surface area contributed by atoms with Crippen molar-refractivity contribution in [2.75, 3.05) is 19.7 Å². The fourth-order valence-corrected chi connectivity index (χ4v) is 2.05. The van der Waals surface area contributed by atoms with Crippen molar-refractivity contribution in [2.24, 2.45) is 0 Å². The van der Waals surface area contributed by atoms with Crippen LogP contribution in [0.2, 0.25) is 5.02 Å². The molecule has 17 heavy (non-hydrogen) atoms. The van der Waals surface area contributed by atoms with E-state index < -0.39 is 6.10 Å². The number of morpholine rings is 1. The maximum Gasteiger partial charge on any atom is 0.156 e. The number of nitriles is 1. The first-order chi connectivity index (χ1) is 8.20. The van der Waals surface area contributed by atoms with Gasteiger partial charge in [-0.05, 0) is 12.1 Å². The van der Waals surface area contributed by atoms with Crippen LogP contribution in [0.15, 0.2) is 18.2 Å². The average Bonchev–Trinajstić information content (AvgIpc) is 2.34. The second kappa shape index (κ2) is 5.46. The van der Waals surface area contributed by atoms with E-state index in [9.17, 15) is 4.39 Å². The largest absolute Gasteiger partial charge is 0.361 e. The summed E-state index contributed by atoms with van der Waals surface area (Å²) in [5.74, 6) is -0.308. The molecule has 1 aromatic rings. The van der Waals surface area contributed by atoms with Crippen LogP contribution in [0, 0.1) is 17.1 Å². The summed E-state index contributed by atoms with van der Waals surface area (Å²) in [7, 11) is 0. The molecule has 0 spiro atoms. The molecule has 1 aliphatic rings. The van der Waals surface area contributed by atoms with Crippen molar-refractivity contribution >= 4 is 11.6 Å². The molecule has 0 saturated carbocycles. The van der Waals surface area contributed by atoms with Crippen molar-refractivity contribution in [3.05, 3.63) is 34.6 Å². The number of halogens is 2. The molecule has 1 saturated heterocycles. The van der Waals surface area contributed by atoms with Crippen molar-refractivity contribution in [2.45, 2.75) is 12.6 Å². The molecule has 90 valence electrons. The average molecular weight is 255 g/mol. The fraction of sp³-hybridized carbons (Fsp3) is 0.417. The van der Waals surface area contributed by atoms with Gasteiger partial charge in [0.25, 0.3) is 0 Å². The van der Waals surface area contributed by atoms with Crippen LogP contribution in [-0.2, 0) is 11.3 Å². The molecule has 1 aromatic carbocycles. The van der Waals surface area contributed by atoms with Gasteiger partial charge in [-0.3, -0.25) is 4.90 Å². The van der Waals surface area contributed by atoms with Gasteiger partial charge in [0, 0.05) is 30.2 Å². The fourth-order valence-electron chi connectivity index (χ4n) is 1.83. The highest BCUT2D eigenvalue weighted by atomic mass is 35.5. The van der Waals surface area contributed by atoms with Crippen LogP contribution in [0.3, 0.4) is 0 Å². The van der Waals surface area contributed by atoms with Crippen molar-refractivity contribution in [1.82, 2.24) is 4.90 Å². The maximum atomic E-state index is 13.6. The summed E-state index contributed by atoms with van der Waals surface area (Å²) in [6.07, 6.45) is -0.436. The maximum absolute atomic E-state index is 13.6.